The zero-order valence-corrected chi connectivity index (χ0v) is 35.3. The average Bonchev–Trinajstić information content (AvgIpc) is 3.15. The van der Waals surface area contributed by atoms with E-state index in [0.29, 0.717) is 19.3 Å². The van der Waals surface area contributed by atoms with Crippen LogP contribution in [0.1, 0.15) is 239 Å². The third kappa shape index (κ3) is 40.9. The van der Waals surface area contributed by atoms with Crippen molar-refractivity contribution in [2.75, 3.05) is 13.2 Å². The highest BCUT2D eigenvalue weighted by atomic mass is 16.6. The van der Waals surface area contributed by atoms with Crippen LogP contribution in [0.2, 0.25) is 0 Å². The van der Waals surface area contributed by atoms with Gasteiger partial charge in [0.2, 0.25) is 0 Å². The molecule has 0 rings (SSSR count). The van der Waals surface area contributed by atoms with E-state index in [-0.39, 0.29) is 31.1 Å². The number of hydrogen-bond acceptors (Lipinski definition) is 6. The SMILES string of the molecule is CCCC/C=C\CCCCCCC(=O)OCC(COC(=O)CCCCCCCCCCCCCCC)OC(=O)CCCCCCC/C=C\CCCCC. The second-order valence-corrected chi connectivity index (χ2v) is 15.3. The quantitative estimate of drug-likeness (QED) is 0.0268. The Hall–Kier alpha value is -2.11. The van der Waals surface area contributed by atoms with Crippen LogP contribution in [0.5, 0.6) is 0 Å². The topological polar surface area (TPSA) is 78.9 Å². The number of carbonyl (C=O) groups is 3. The van der Waals surface area contributed by atoms with Crippen LogP contribution in [0.15, 0.2) is 24.3 Å². The summed E-state index contributed by atoms with van der Waals surface area (Å²) in [5.74, 6) is -0.895. The average molecular weight is 747 g/mol. The van der Waals surface area contributed by atoms with E-state index in [4.69, 9.17) is 14.2 Å². The fourth-order valence-electron chi connectivity index (χ4n) is 6.42. The summed E-state index contributed by atoms with van der Waals surface area (Å²) in [4.78, 5) is 37.7. The summed E-state index contributed by atoms with van der Waals surface area (Å²) in [6.45, 7) is 6.55. The fourth-order valence-corrected chi connectivity index (χ4v) is 6.42. The first-order valence-corrected chi connectivity index (χ1v) is 22.8. The molecule has 0 aromatic carbocycles. The van der Waals surface area contributed by atoms with Gasteiger partial charge < -0.3 is 14.2 Å². The first-order chi connectivity index (χ1) is 26.0. The zero-order chi connectivity index (χ0) is 38.7. The molecule has 53 heavy (non-hydrogen) atoms. The van der Waals surface area contributed by atoms with Gasteiger partial charge >= 0.3 is 17.9 Å². The van der Waals surface area contributed by atoms with Crippen molar-refractivity contribution < 1.29 is 28.6 Å². The van der Waals surface area contributed by atoms with E-state index in [0.717, 1.165) is 89.9 Å². The fraction of sp³-hybridized carbons (Fsp3) is 0.851. The Kier molecular flexibility index (Phi) is 40.9. The van der Waals surface area contributed by atoms with E-state index in [1.807, 2.05) is 0 Å². The highest BCUT2D eigenvalue weighted by molar-refractivity contribution is 5.71. The summed E-state index contributed by atoms with van der Waals surface area (Å²) in [6.07, 6.45) is 45.8. The molecule has 0 aliphatic heterocycles. The van der Waals surface area contributed by atoms with Gasteiger partial charge in [0.15, 0.2) is 6.10 Å². The second kappa shape index (κ2) is 42.6. The van der Waals surface area contributed by atoms with E-state index >= 15 is 0 Å². The van der Waals surface area contributed by atoms with Gasteiger partial charge in [-0.2, -0.15) is 0 Å². The number of allylic oxidation sites excluding steroid dienone is 4. The van der Waals surface area contributed by atoms with Crippen molar-refractivity contribution in [1.82, 2.24) is 0 Å². The number of hydrogen-bond donors (Lipinski definition) is 0. The van der Waals surface area contributed by atoms with E-state index in [9.17, 15) is 14.4 Å². The zero-order valence-electron chi connectivity index (χ0n) is 35.3. The summed E-state index contributed by atoms with van der Waals surface area (Å²) >= 11 is 0. The van der Waals surface area contributed by atoms with Crippen molar-refractivity contribution in [3.63, 3.8) is 0 Å². The molecule has 1 atom stereocenters. The maximum absolute atomic E-state index is 12.7. The molecular weight excluding hydrogens is 661 g/mol. The summed E-state index contributed by atoms with van der Waals surface area (Å²) < 4.78 is 16.7. The standard InChI is InChI=1S/C47H86O6/c1-4-7-10-13-16-19-22-24-26-28-31-34-37-40-46(49)52-43-44(42-51-45(48)39-36-33-30-27-21-18-15-12-9-6-3)53-47(50)41-38-35-32-29-25-23-20-17-14-11-8-5-2/h15,17-18,20,44H,4-14,16,19,21-43H2,1-3H3/b18-15-,20-17-. The molecule has 0 saturated carbocycles. The van der Waals surface area contributed by atoms with Crippen LogP contribution >= 0.6 is 0 Å². The number of ether oxygens (including phenoxy) is 3. The van der Waals surface area contributed by atoms with Gasteiger partial charge in [-0.05, 0) is 64.2 Å². The molecule has 0 amide bonds. The molecule has 310 valence electrons. The highest BCUT2D eigenvalue weighted by Crippen LogP contribution is 2.15. The maximum Gasteiger partial charge on any atom is 0.306 e. The van der Waals surface area contributed by atoms with E-state index < -0.39 is 6.10 Å². The molecule has 0 fully saturated rings. The van der Waals surface area contributed by atoms with Crippen molar-refractivity contribution in [3.8, 4) is 0 Å². The van der Waals surface area contributed by atoms with Gasteiger partial charge in [-0.3, -0.25) is 14.4 Å². The molecule has 0 heterocycles. The Morgan fingerprint density at radius 1 is 0.358 bits per heavy atom. The van der Waals surface area contributed by atoms with E-state index in [1.54, 1.807) is 0 Å². The molecular formula is C47H86O6. The number of esters is 3. The minimum absolute atomic E-state index is 0.0754. The van der Waals surface area contributed by atoms with Crippen LogP contribution in [0.3, 0.4) is 0 Å². The van der Waals surface area contributed by atoms with Gasteiger partial charge in [0.05, 0.1) is 0 Å². The molecule has 1 unspecified atom stereocenters. The van der Waals surface area contributed by atoms with Gasteiger partial charge in [-0.25, -0.2) is 0 Å². The van der Waals surface area contributed by atoms with E-state index in [1.165, 1.54) is 109 Å². The smallest absolute Gasteiger partial charge is 0.306 e. The minimum atomic E-state index is -0.773. The molecule has 0 saturated heterocycles. The summed E-state index contributed by atoms with van der Waals surface area (Å²) in [5, 5.41) is 0. The molecule has 0 bridgehead atoms. The predicted molar refractivity (Wildman–Crippen MR) is 224 cm³/mol. The van der Waals surface area contributed by atoms with Gasteiger partial charge in [-0.15, -0.1) is 0 Å². The molecule has 0 aromatic heterocycles. The Labute approximate surface area is 328 Å². The molecule has 0 spiro atoms. The highest BCUT2D eigenvalue weighted by Gasteiger charge is 2.19. The van der Waals surface area contributed by atoms with Crippen molar-refractivity contribution >= 4 is 17.9 Å². The van der Waals surface area contributed by atoms with Crippen molar-refractivity contribution in [2.45, 2.75) is 245 Å². The Bertz CT molecular complexity index is 865. The molecule has 0 aliphatic carbocycles. The molecule has 0 radical (unpaired) electrons. The third-order valence-electron chi connectivity index (χ3n) is 9.93. The number of unbranched alkanes of at least 4 members (excludes halogenated alkanes) is 26. The van der Waals surface area contributed by atoms with Crippen molar-refractivity contribution in [1.29, 1.82) is 0 Å². The van der Waals surface area contributed by atoms with Crippen molar-refractivity contribution in [3.05, 3.63) is 24.3 Å². The summed E-state index contributed by atoms with van der Waals surface area (Å²) in [7, 11) is 0. The monoisotopic (exact) mass is 747 g/mol. The minimum Gasteiger partial charge on any atom is -0.462 e. The van der Waals surface area contributed by atoms with Crippen molar-refractivity contribution in [2.24, 2.45) is 0 Å². The Morgan fingerprint density at radius 2 is 0.642 bits per heavy atom. The lowest BCUT2D eigenvalue weighted by atomic mass is 10.0. The van der Waals surface area contributed by atoms with Gasteiger partial charge in [0.1, 0.15) is 13.2 Å². The normalized spacial score (nSPS) is 12.1. The molecule has 0 aromatic rings. The summed E-state index contributed by atoms with van der Waals surface area (Å²) in [6, 6.07) is 0. The lowest BCUT2D eigenvalue weighted by Gasteiger charge is -2.18. The second-order valence-electron chi connectivity index (χ2n) is 15.3. The van der Waals surface area contributed by atoms with Crippen LogP contribution in [-0.4, -0.2) is 37.2 Å². The van der Waals surface area contributed by atoms with Crippen LogP contribution < -0.4 is 0 Å². The molecule has 6 nitrogen and oxygen atoms in total. The lowest BCUT2D eigenvalue weighted by Crippen LogP contribution is -2.30. The predicted octanol–water partition coefficient (Wildman–Crippen LogP) is 14.4. The van der Waals surface area contributed by atoms with Crippen LogP contribution in [0.4, 0.5) is 0 Å². The lowest BCUT2D eigenvalue weighted by molar-refractivity contribution is -0.167. The molecule has 6 heteroatoms. The Balaban J connectivity index is 4.37. The van der Waals surface area contributed by atoms with E-state index in [2.05, 4.69) is 45.1 Å². The first-order valence-electron chi connectivity index (χ1n) is 22.8. The van der Waals surface area contributed by atoms with Gasteiger partial charge in [-0.1, -0.05) is 180 Å². The first kappa shape index (κ1) is 50.9. The maximum atomic E-state index is 12.7. The number of carbonyl (C=O) groups excluding carboxylic acids is 3. The summed E-state index contributed by atoms with van der Waals surface area (Å²) in [5.41, 5.74) is 0. The van der Waals surface area contributed by atoms with Crippen LogP contribution in [-0.2, 0) is 28.6 Å². The largest absolute Gasteiger partial charge is 0.462 e. The molecule has 0 N–H and O–H groups in total. The molecule has 0 aliphatic rings. The van der Waals surface area contributed by atoms with Crippen LogP contribution in [0.25, 0.3) is 0 Å². The third-order valence-corrected chi connectivity index (χ3v) is 9.93. The van der Waals surface area contributed by atoms with Gasteiger partial charge in [0, 0.05) is 19.3 Å². The Morgan fingerprint density at radius 3 is 1.04 bits per heavy atom. The van der Waals surface area contributed by atoms with Gasteiger partial charge in [0.25, 0.3) is 0 Å². The number of rotatable bonds is 41. The van der Waals surface area contributed by atoms with Crippen LogP contribution in [0, 0.1) is 0 Å².